The first-order valence-electron chi connectivity index (χ1n) is 5.95. The summed E-state index contributed by atoms with van der Waals surface area (Å²) in [5.41, 5.74) is 0. The fraction of sp³-hybridized carbons (Fsp3) is 0.917. The van der Waals surface area contributed by atoms with Gasteiger partial charge < -0.3 is 4.90 Å². The second kappa shape index (κ2) is 9.02. The van der Waals surface area contributed by atoms with Gasteiger partial charge in [0, 0.05) is 25.4 Å². The van der Waals surface area contributed by atoms with Crippen LogP contribution >= 0.6 is 11.6 Å². The number of alkyl halides is 1. The third-order valence-electron chi connectivity index (χ3n) is 2.34. The third kappa shape index (κ3) is 7.66. The highest BCUT2D eigenvalue weighted by atomic mass is 35.5. The number of hydrogen-bond acceptors (Lipinski definition) is 1. The van der Waals surface area contributed by atoms with Gasteiger partial charge in [0.15, 0.2) is 0 Å². The monoisotopic (exact) mass is 233 g/mol. The van der Waals surface area contributed by atoms with Gasteiger partial charge in [-0.1, -0.05) is 20.3 Å². The van der Waals surface area contributed by atoms with Crippen molar-refractivity contribution in [2.75, 3.05) is 19.0 Å². The lowest BCUT2D eigenvalue weighted by molar-refractivity contribution is -0.131. The maximum atomic E-state index is 11.8. The zero-order valence-electron chi connectivity index (χ0n) is 10.3. The molecule has 0 unspecified atom stereocenters. The molecular formula is C12H24ClNO. The van der Waals surface area contributed by atoms with E-state index >= 15 is 0 Å². The summed E-state index contributed by atoms with van der Waals surface area (Å²) < 4.78 is 0. The minimum atomic E-state index is 0.292. The summed E-state index contributed by atoms with van der Waals surface area (Å²) in [7, 11) is 0. The predicted molar refractivity (Wildman–Crippen MR) is 66.3 cm³/mol. The first kappa shape index (κ1) is 14.8. The quantitative estimate of drug-likeness (QED) is 0.465. The topological polar surface area (TPSA) is 20.3 Å². The zero-order valence-corrected chi connectivity index (χ0v) is 11.0. The molecular weight excluding hydrogens is 210 g/mol. The van der Waals surface area contributed by atoms with E-state index in [1.54, 1.807) is 0 Å². The maximum absolute atomic E-state index is 11.8. The summed E-state index contributed by atoms with van der Waals surface area (Å²) in [6.45, 7) is 8.03. The minimum Gasteiger partial charge on any atom is -0.343 e. The minimum absolute atomic E-state index is 0.292. The van der Waals surface area contributed by atoms with Crippen molar-refractivity contribution in [1.29, 1.82) is 0 Å². The average molecular weight is 234 g/mol. The molecule has 0 saturated heterocycles. The van der Waals surface area contributed by atoms with Crippen LogP contribution in [0.15, 0.2) is 0 Å². The number of halogens is 1. The fourth-order valence-electron chi connectivity index (χ4n) is 1.55. The van der Waals surface area contributed by atoms with E-state index in [0.29, 0.717) is 24.1 Å². The van der Waals surface area contributed by atoms with Crippen LogP contribution in [0.1, 0.15) is 46.5 Å². The molecule has 0 aromatic carbocycles. The van der Waals surface area contributed by atoms with Crippen molar-refractivity contribution >= 4 is 17.5 Å². The lowest BCUT2D eigenvalue weighted by Gasteiger charge is -2.22. The van der Waals surface area contributed by atoms with Crippen molar-refractivity contribution < 1.29 is 4.79 Å². The third-order valence-corrected chi connectivity index (χ3v) is 2.61. The van der Waals surface area contributed by atoms with Crippen molar-refractivity contribution in [2.24, 2.45) is 5.92 Å². The van der Waals surface area contributed by atoms with Gasteiger partial charge in [-0.05, 0) is 25.7 Å². The zero-order chi connectivity index (χ0) is 11.7. The van der Waals surface area contributed by atoms with Crippen LogP contribution in [0.4, 0.5) is 0 Å². The fourth-order valence-corrected chi connectivity index (χ4v) is 1.74. The number of rotatable bonds is 8. The number of hydrogen-bond donors (Lipinski definition) is 0. The Morgan fingerprint density at radius 2 is 1.93 bits per heavy atom. The summed E-state index contributed by atoms with van der Waals surface area (Å²) in [5.74, 6) is 1.55. The SMILES string of the molecule is CCN(CC(C)C)C(=O)CCCCCCl. The van der Waals surface area contributed by atoms with Gasteiger partial charge in [0.25, 0.3) is 0 Å². The molecule has 2 nitrogen and oxygen atoms in total. The standard InChI is InChI=1S/C12H24ClNO/c1-4-14(10-11(2)3)12(15)8-6-5-7-9-13/h11H,4-10H2,1-3H3. The summed E-state index contributed by atoms with van der Waals surface area (Å²) in [6, 6.07) is 0. The van der Waals surface area contributed by atoms with Crippen LogP contribution in [0.5, 0.6) is 0 Å². The lowest BCUT2D eigenvalue weighted by Crippen LogP contribution is -2.33. The van der Waals surface area contributed by atoms with Crippen molar-refractivity contribution in [2.45, 2.75) is 46.5 Å². The Labute approximate surface area is 99.0 Å². The molecule has 0 saturated carbocycles. The molecule has 0 aliphatic heterocycles. The summed E-state index contributed by atoms with van der Waals surface area (Å²) >= 11 is 5.58. The number of nitrogens with zero attached hydrogens (tertiary/aromatic N) is 1. The molecule has 0 aliphatic rings. The van der Waals surface area contributed by atoms with E-state index < -0.39 is 0 Å². The Kier molecular flexibility index (Phi) is 8.88. The predicted octanol–water partition coefficient (Wildman–Crippen LogP) is 3.29. The van der Waals surface area contributed by atoms with Crippen LogP contribution in [0, 0.1) is 5.92 Å². The highest BCUT2D eigenvalue weighted by molar-refractivity contribution is 6.17. The maximum Gasteiger partial charge on any atom is 0.222 e. The molecule has 0 aromatic rings. The first-order chi connectivity index (χ1) is 7.11. The second-order valence-corrected chi connectivity index (χ2v) is 4.70. The van der Waals surface area contributed by atoms with Gasteiger partial charge in [-0.25, -0.2) is 0 Å². The van der Waals surface area contributed by atoms with Crippen molar-refractivity contribution in [3.05, 3.63) is 0 Å². The summed E-state index contributed by atoms with van der Waals surface area (Å²) in [5, 5.41) is 0. The molecule has 0 N–H and O–H groups in total. The van der Waals surface area contributed by atoms with E-state index in [2.05, 4.69) is 13.8 Å². The van der Waals surface area contributed by atoms with E-state index in [1.807, 2.05) is 11.8 Å². The van der Waals surface area contributed by atoms with Gasteiger partial charge in [0.1, 0.15) is 0 Å². The Bertz CT molecular complexity index is 171. The molecule has 90 valence electrons. The molecule has 0 heterocycles. The van der Waals surface area contributed by atoms with Crippen LogP contribution in [0.2, 0.25) is 0 Å². The van der Waals surface area contributed by atoms with Gasteiger partial charge in [-0.3, -0.25) is 4.79 Å². The normalized spacial score (nSPS) is 10.7. The van der Waals surface area contributed by atoms with Crippen LogP contribution in [-0.4, -0.2) is 29.8 Å². The van der Waals surface area contributed by atoms with Crippen molar-refractivity contribution in [3.8, 4) is 0 Å². The van der Waals surface area contributed by atoms with Gasteiger partial charge in [0.2, 0.25) is 5.91 Å². The van der Waals surface area contributed by atoms with Crippen LogP contribution in [0.25, 0.3) is 0 Å². The first-order valence-corrected chi connectivity index (χ1v) is 6.49. The van der Waals surface area contributed by atoms with Crippen LogP contribution < -0.4 is 0 Å². The molecule has 0 aromatic heterocycles. The molecule has 0 spiro atoms. The van der Waals surface area contributed by atoms with E-state index in [-0.39, 0.29) is 0 Å². The largest absolute Gasteiger partial charge is 0.343 e. The van der Waals surface area contributed by atoms with Crippen LogP contribution in [0.3, 0.4) is 0 Å². The van der Waals surface area contributed by atoms with E-state index in [9.17, 15) is 4.79 Å². The lowest BCUT2D eigenvalue weighted by atomic mass is 10.1. The molecule has 15 heavy (non-hydrogen) atoms. The van der Waals surface area contributed by atoms with Gasteiger partial charge in [0.05, 0.1) is 0 Å². The highest BCUT2D eigenvalue weighted by Crippen LogP contribution is 2.06. The highest BCUT2D eigenvalue weighted by Gasteiger charge is 2.11. The Balaban J connectivity index is 3.73. The number of amides is 1. The van der Waals surface area contributed by atoms with Gasteiger partial charge in [-0.2, -0.15) is 0 Å². The van der Waals surface area contributed by atoms with E-state index in [4.69, 9.17) is 11.6 Å². The molecule has 0 aliphatic carbocycles. The number of carbonyl (C=O) groups excluding carboxylic acids is 1. The number of carbonyl (C=O) groups is 1. The summed E-state index contributed by atoms with van der Waals surface area (Å²) in [6.07, 6.45) is 3.73. The van der Waals surface area contributed by atoms with Gasteiger partial charge in [-0.15, -0.1) is 11.6 Å². The molecule has 0 fully saturated rings. The molecule has 1 amide bonds. The molecule has 0 radical (unpaired) electrons. The molecule has 3 heteroatoms. The Hall–Kier alpha value is -0.240. The van der Waals surface area contributed by atoms with Crippen molar-refractivity contribution in [1.82, 2.24) is 4.90 Å². The van der Waals surface area contributed by atoms with Crippen LogP contribution in [-0.2, 0) is 4.79 Å². The smallest absolute Gasteiger partial charge is 0.222 e. The van der Waals surface area contributed by atoms with E-state index in [1.165, 1.54) is 0 Å². The molecule has 0 bridgehead atoms. The number of unbranched alkanes of at least 4 members (excludes halogenated alkanes) is 2. The Morgan fingerprint density at radius 3 is 2.40 bits per heavy atom. The average Bonchev–Trinajstić information content (AvgIpc) is 2.20. The second-order valence-electron chi connectivity index (χ2n) is 4.33. The molecule has 0 atom stereocenters. The summed E-state index contributed by atoms with van der Waals surface area (Å²) in [4.78, 5) is 13.7. The van der Waals surface area contributed by atoms with Gasteiger partial charge >= 0.3 is 0 Å². The van der Waals surface area contributed by atoms with E-state index in [0.717, 1.165) is 32.4 Å². The molecule has 0 rings (SSSR count). The van der Waals surface area contributed by atoms with Crippen molar-refractivity contribution in [3.63, 3.8) is 0 Å². The Morgan fingerprint density at radius 1 is 1.27 bits per heavy atom.